The maximum atomic E-state index is 13.6. The van der Waals surface area contributed by atoms with E-state index in [2.05, 4.69) is 39.3 Å². The number of benzene rings is 1. The van der Waals surface area contributed by atoms with Crippen molar-refractivity contribution in [1.82, 2.24) is 29.3 Å². The van der Waals surface area contributed by atoms with Gasteiger partial charge in [-0.3, -0.25) is 34.4 Å². The molecule has 3 aliphatic heterocycles. The van der Waals surface area contributed by atoms with E-state index in [-0.39, 0.29) is 71.9 Å². The summed E-state index contributed by atoms with van der Waals surface area (Å²) >= 11 is 7.23. The van der Waals surface area contributed by atoms with Gasteiger partial charge in [0.2, 0.25) is 17.7 Å². The Balaban J connectivity index is 0.893. The Morgan fingerprint density at radius 2 is 1.80 bits per heavy atom. The van der Waals surface area contributed by atoms with Gasteiger partial charge < -0.3 is 19.9 Å². The highest BCUT2D eigenvalue weighted by atomic mass is 35.5. The van der Waals surface area contributed by atoms with Crippen LogP contribution >= 0.6 is 23.5 Å². The summed E-state index contributed by atoms with van der Waals surface area (Å²) in [4.78, 5) is 75.0. The molecule has 1 unspecified atom stereocenters. The van der Waals surface area contributed by atoms with Crippen molar-refractivity contribution >= 4 is 58.9 Å². The van der Waals surface area contributed by atoms with Crippen LogP contribution < -0.4 is 10.6 Å². The van der Waals surface area contributed by atoms with Crippen LogP contribution in [0.1, 0.15) is 89.8 Å². The van der Waals surface area contributed by atoms with Gasteiger partial charge in [-0.05, 0) is 108 Å². The lowest BCUT2D eigenvalue weighted by molar-refractivity contribution is -0.134. The molecule has 1 aromatic carbocycles. The minimum absolute atomic E-state index is 0.0648. The number of ether oxygens (including phenoxy) is 1. The molecule has 6 rings (SSSR count). The zero-order chi connectivity index (χ0) is 39.4. The minimum Gasteiger partial charge on any atom is -0.378 e. The summed E-state index contributed by atoms with van der Waals surface area (Å²) in [6.07, 6.45) is 6.38. The first-order valence-corrected chi connectivity index (χ1v) is 20.1. The Morgan fingerprint density at radius 3 is 2.44 bits per heavy atom. The van der Waals surface area contributed by atoms with E-state index in [9.17, 15) is 29.2 Å². The average Bonchev–Trinajstić information content (AvgIpc) is 3.31. The molecule has 2 N–H and O–H groups in total. The lowest BCUT2D eigenvalue weighted by Gasteiger charge is -2.44. The third kappa shape index (κ3) is 9.32. The van der Waals surface area contributed by atoms with Gasteiger partial charge in [0.15, 0.2) is 0 Å². The van der Waals surface area contributed by atoms with Crippen molar-refractivity contribution < 1.29 is 28.7 Å². The zero-order valence-electron chi connectivity index (χ0n) is 31.8. The van der Waals surface area contributed by atoms with Crippen molar-refractivity contribution in [1.29, 1.82) is 5.26 Å². The van der Waals surface area contributed by atoms with E-state index in [1.807, 2.05) is 6.07 Å². The number of nitrogens with one attached hydrogen (secondary N) is 2. The van der Waals surface area contributed by atoms with Gasteiger partial charge >= 0.3 is 6.03 Å². The van der Waals surface area contributed by atoms with Crippen LogP contribution in [-0.2, 0) is 23.9 Å². The number of urea groups is 1. The Bertz CT molecular complexity index is 1820. The second-order valence-corrected chi connectivity index (χ2v) is 16.9. The predicted octanol–water partition coefficient (Wildman–Crippen LogP) is 4.93. The van der Waals surface area contributed by atoms with E-state index in [0.717, 1.165) is 63.7 Å². The van der Waals surface area contributed by atoms with Crippen molar-refractivity contribution in [3.63, 3.8) is 0 Å². The van der Waals surface area contributed by atoms with Crippen molar-refractivity contribution in [2.24, 2.45) is 0 Å². The van der Waals surface area contributed by atoms with Gasteiger partial charge in [-0.2, -0.15) is 9.57 Å². The van der Waals surface area contributed by atoms with Crippen molar-refractivity contribution in [3.05, 3.63) is 52.8 Å². The van der Waals surface area contributed by atoms with Crippen molar-refractivity contribution in [2.75, 3.05) is 38.1 Å². The third-order valence-electron chi connectivity index (χ3n) is 11.1. The highest BCUT2D eigenvalue weighted by Gasteiger charge is 2.54. The molecule has 1 saturated carbocycles. The molecule has 4 fully saturated rings. The van der Waals surface area contributed by atoms with Gasteiger partial charge in [0, 0.05) is 55.7 Å². The molecule has 294 valence electrons. The molecule has 0 radical (unpaired) electrons. The second kappa shape index (κ2) is 17.4. The molecule has 1 aliphatic carbocycles. The number of hydrogen-bond donors (Lipinski definition) is 2. The monoisotopic (exact) mass is 792 g/mol. The highest BCUT2D eigenvalue weighted by Crippen LogP contribution is 2.41. The quantitative estimate of drug-likeness (QED) is 0.130. The molecule has 4 heterocycles. The number of halogens is 1. The van der Waals surface area contributed by atoms with Gasteiger partial charge in [0.1, 0.15) is 11.6 Å². The number of hydrogen-bond acceptors (Lipinski definition) is 11. The number of aromatic nitrogens is 1. The van der Waals surface area contributed by atoms with Crippen LogP contribution in [0.4, 0.5) is 10.5 Å². The molecule has 1 aromatic heterocycles. The Labute approximate surface area is 331 Å². The maximum Gasteiger partial charge on any atom is 0.338 e. The number of piperidine rings is 1. The van der Waals surface area contributed by atoms with Gasteiger partial charge in [-0.1, -0.05) is 11.6 Å². The first kappa shape index (κ1) is 40.6. The summed E-state index contributed by atoms with van der Waals surface area (Å²) in [5, 5.41) is 14.7. The van der Waals surface area contributed by atoms with Crippen LogP contribution in [0.2, 0.25) is 5.02 Å². The summed E-state index contributed by atoms with van der Waals surface area (Å²) < 4.78 is 7.51. The summed E-state index contributed by atoms with van der Waals surface area (Å²) in [5.41, 5.74) is 0.493. The molecule has 3 saturated heterocycles. The molecule has 4 aliphatic rings. The molecule has 14 nitrogen and oxygen atoms in total. The summed E-state index contributed by atoms with van der Waals surface area (Å²) in [5.74, 6) is -1.48. The summed E-state index contributed by atoms with van der Waals surface area (Å²) in [7, 11) is 0. The molecule has 0 spiro atoms. The van der Waals surface area contributed by atoms with E-state index in [1.54, 1.807) is 55.3 Å². The van der Waals surface area contributed by atoms with Gasteiger partial charge in [-0.25, -0.2) is 4.79 Å². The minimum atomic E-state index is -0.980. The number of pyridine rings is 1. The normalized spacial score (nSPS) is 26.2. The molecule has 0 bridgehead atoms. The Hall–Kier alpha value is -4.07. The van der Waals surface area contributed by atoms with E-state index >= 15 is 0 Å². The fourth-order valence-corrected chi connectivity index (χ4v) is 9.48. The number of piperazine rings is 1. The van der Waals surface area contributed by atoms with Gasteiger partial charge in [0.05, 0.1) is 46.7 Å². The predicted molar refractivity (Wildman–Crippen MR) is 207 cm³/mol. The van der Waals surface area contributed by atoms with Crippen LogP contribution in [-0.4, -0.2) is 116 Å². The third-order valence-corrected chi connectivity index (χ3v) is 12.4. The highest BCUT2D eigenvalue weighted by molar-refractivity contribution is 7.98. The Kier molecular flexibility index (Phi) is 12.8. The molecule has 3 atom stereocenters. The largest absolute Gasteiger partial charge is 0.378 e. The fourth-order valence-electron chi connectivity index (χ4n) is 8.21. The molecular formula is C39H49ClN8O6S. The summed E-state index contributed by atoms with van der Waals surface area (Å²) in [6.45, 7) is 11.4. The number of imide groups is 2. The standard InChI is InChI=1S/C39H49ClN8O6S/c1-24-21-45(22-25(2)46(24)23-35(50)43-27-7-14-33(42-20-27)31-13-15-34(49)44-36(31)51)16-5-17-54-29-10-8-28(9-11-29)47-38(53)48(37(52)39(47,3)4)55-30-12-6-26(19-41)32(40)18-30/h6-7,12,14,18,20,24-25,28-29,31H,5,8-11,13,15-17,21-23H2,1-4H3,(H,43,50)(H,44,49,51)/t24-,25+,28?,29?,31?. The molecule has 55 heavy (non-hydrogen) atoms. The van der Waals surface area contributed by atoms with Crippen LogP contribution in [0.3, 0.4) is 0 Å². The van der Waals surface area contributed by atoms with E-state index in [4.69, 9.17) is 16.3 Å². The van der Waals surface area contributed by atoms with Gasteiger partial charge in [0.25, 0.3) is 5.91 Å². The number of anilines is 1. The van der Waals surface area contributed by atoms with Crippen molar-refractivity contribution in [2.45, 2.75) is 113 Å². The topological polar surface area (TPSA) is 168 Å². The number of rotatable bonds is 12. The van der Waals surface area contributed by atoms with Crippen LogP contribution in [0.15, 0.2) is 41.4 Å². The van der Waals surface area contributed by atoms with Crippen LogP contribution in [0, 0.1) is 11.3 Å². The first-order valence-electron chi connectivity index (χ1n) is 19.0. The van der Waals surface area contributed by atoms with Crippen LogP contribution in [0.25, 0.3) is 0 Å². The second-order valence-electron chi connectivity index (χ2n) is 15.5. The molecular weight excluding hydrogens is 744 g/mol. The SMILES string of the molecule is C[C@@H]1CN(CCCOC2CCC(N3C(=O)N(Sc4ccc(C#N)c(Cl)c4)C(=O)C3(C)C)CC2)C[C@H](C)N1CC(=O)Nc1ccc(C2CCC(=O)NC2=O)nc1. The van der Waals surface area contributed by atoms with E-state index in [1.165, 1.54) is 4.31 Å². The van der Waals surface area contributed by atoms with Crippen molar-refractivity contribution in [3.8, 4) is 6.07 Å². The van der Waals surface area contributed by atoms with Gasteiger partial charge in [-0.15, -0.1) is 0 Å². The number of carbonyl (C=O) groups is 5. The number of nitriles is 1. The van der Waals surface area contributed by atoms with E-state index < -0.39 is 11.5 Å². The summed E-state index contributed by atoms with van der Waals surface area (Å²) in [6, 6.07) is 10.3. The zero-order valence-corrected chi connectivity index (χ0v) is 33.3. The molecule has 6 amide bonds. The lowest BCUT2D eigenvalue weighted by atomic mass is 9.89. The Morgan fingerprint density at radius 1 is 1.07 bits per heavy atom. The number of nitrogens with zero attached hydrogens (tertiary/aromatic N) is 6. The lowest BCUT2D eigenvalue weighted by Crippen LogP contribution is -2.58. The maximum absolute atomic E-state index is 13.6. The fraction of sp³-hybridized carbons (Fsp3) is 0.564. The smallest absolute Gasteiger partial charge is 0.338 e. The first-order chi connectivity index (χ1) is 26.2. The number of amides is 6. The molecule has 2 aromatic rings. The van der Waals surface area contributed by atoms with E-state index in [0.29, 0.717) is 34.9 Å². The molecule has 16 heteroatoms. The average molecular weight is 793 g/mol. The van der Waals surface area contributed by atoms with Crippen LogP contribution in [0.5, 0.6) is 0 Å². The number of carbonyl (C=O) groups excluding carboxylic acids is 5.